The minimum absolute atomic E-state index is 0.0152. The van der Waals surface area contributed by atoms with Crippen molar-refractivity contribution in [1.82, 2.24) is 15.5 Å². The molecular formula is C13H25N3O2. The van der Waals surface area contributed by atoms with Crippen LogP contribution in [0.15, 0.2) is 0 Å². The molecule has 0 aromatic rings. The van der Waals surface area contributed by atoms with Crippen molar-refractivity contribution in [3.63, 3.8) is 0 Å². The highest BCUT2D eigenvalue weighted by atomic mass is 16.2. The molecule has 18 heavy (non-hydrogen) atoms. The number of amides is 3. The van der Waals surface area contributed by atoms with E-state index in [9.17, 15) is 9.59 Å². The number of nitrogens with zero attached hydrogens (tertiary/aromatic N) is 1. The van der Waals surface area contributed by atoms with E-state index in [1.807, 2.05) is 4.90 Å². The van der Waals surface area contributed by atoms with Crippen LogP contribution in [0, 0.1) is 5.92 Å². The van der Waals surface area contributed by atoms with Crippen molar-refractivity contribution < 1.29 is 9.59 Å². The van der Waals surface area contributed by atoms with Crippen LogP contribution in [0.5, 0.6) is 0 Å². The largest absolute Gasteiger partial charge is 0.359 e. The first-order chi connectivity index (χ1) is 8.69. The van der Waals surface area contributed by atoms with Crippen LogP contribution < -0.4 is 10.6 Å². The molecular weight excluding hydrogens is 230 g/mol. The molecule has 0 saturated carbocycles. The molecule has 1 rings (SSSR count). The lowest BCUT2D eigenvalue weighted by Crippen LogP contribution is -2.46. The Morgan fingerprint density at radius 2 is 1.89 bits per heavy atom. The Balaban J connectivity index is 2.21. The molecule has 104 valence electrons. The van der Waals surface area contributed by atoms with Gasteiger partial charge in [-0.3, -0.25) is 4.79 Å². The molecule has 5 nitrogen and oxygen atoms in total. The van der Waals surface area contributed by atoms with Gasteiger partial charge in [0.2, 0.25) is 5.91 Å². The highest BCUT2D eigenvalue weighted by molar-refractivity contribution is 5.79. The van der Waals surface area contributed by atoms with Gasteiger partial charge in [0.15, 0.2) is 0 Å². The van der Waals surface area contributed by atoms with E-state index in [4.69, 9.17) is 0 Å². The van der Waals surface area contributed by atoms with Crippen LogP contribution in [0.3, 0.4) is 0 Å². The zero-order chi connectivity index (χ0) is 13.4. The predicted octanol–water partition coefficient (Wildman–Crippen LogP) is 1.34. The summed E-state index contributed by atoms with van der Waals surface area (Å²) in [7, 11) is 1.66. The third kappa shape index (κ3) is 4.55. The molecule has 1 aliphatic heterocycles. The summed E-state index contributed by atoms with van der Waals surface area (Å²) in [6.07, 6.45) is 4.88. The van der Waals surface area contributed by atoms with Crippen LogP contribution in [0.1, 0.15) is 39.0 Å². The number of rotatable bonds is 5. The summed E-state index contributed by atoms with van der Waals surface area (Å²) in [5.74, 6) is 0.164. The van der Waals surface area contributed by atoms with Crippen molar-refractivity contribution in [3.8, 4) is 0 Å². The standard InChI is InChI=1S/C13H25N3O2/c1-3-4-5-8-15-13(18)16-9-6-11(7-10-16)12(17)14-2/h11H,3-10H2,1-2H3,(H,14,17)(H,15,18). The fraction of sp³-hybridized carbons (Fsp3) is 0.846. The lowest BCUT2D eigenvalue weighted by molar-refractivity contribution is -0.125. The van der Waals surface area contributed by atoms with E-state index in [0.717, 1.165) is 38.6 Å². The highest BCUT2D eigenvalue weighted by Crippen LogP contribution is 2.17. The lowest BCUT2D eigenvalue weighted by atomic mass is 9.96. The molecule has 1 aliphatic rings. The van der Waals surface area contributed by atoms with E-state index >= 15 is 0 Å². The number of piperidine rings is 1. The summed E-state index contributed by atoms with van der Waals surface area (Å²) < 4.78 is 0. The summed E-state index contributed by atoms with van der Waals surface area (Å²) >= 11 is 0. The van der Waals surface area contributed by atoms with Crippen molar-refractivity contribution in [3.05, 3.63) is 0 Å². The first-order valence-electron chi connectivity index (χ1n) is 6.93. The maximum absolute atomic E-state index is 11.8. The molecule has 1 saturated heterocycles. The summed E-state index contributed by atoms with van der Waals surface area (Å²) in [4.78, 5) is 25.1. The lowest BCUT2D eigenvalue weighted by Gasteiger charge is -2.31. The Morgan fingerprint density at radius 1 is 1.22 bits per heavy atom. The number of nitrogens with one attached hydrogen (secondary N) is 2. The number of hydrogen-bond acceptors (Lipinski definition) is 2. The van der Waals surface area contributed by atoms with Gasteiger partial charge in [0.05, 0.1) is 0 Å². The Bertz CT molecular complexity index is 273. The SMILES string of the molecule is CCCCCNC(=O)N1CCC(C(=O)NC)CC1. The van der Waals surface area contributed by atoms with Crippen LogP contribution in [0.25, 0.3) is 0 Å². The monoisotopic (exact) mass is 255 g/mol. The second-order valence-electron chi connectivity index (χ2n) is 4.81. The quantitative estimate of drug-likeness (QED) is 0.728. The second-order valence-corrected chi connectivity index (χ2v) is 4.81. The van der Waals surface area contributed by atoms with Gasteiger partial charge in [-0.15, -0.1) is 0 Å². The van der Waals surface area contributed by atoms with Crippen LogP contribution in [0.2, 0.25) is 0 Å². The van der Waals surface area contributed by atoms with E-state index in [1.165, 1.54) is 0 Å². The topological polar surface area (TPSA) is 61.4 Å². The van der Waals surface area contributed by atoms with Crippen LogP contribution in [-0.2, 0) is 4.79 Å². The molecule has 0 aromatic carbocycles. The van der Waals surface area contributed by atoms with E-state index in [1.54, 1.807) is 7.05 Å². The fourth-order valence-corrected chi connectivity index (χ4v) is 2.23. The number of carbonyl (C=O) groups is 2. The van der Waals surface area contributed by atoms with Gasteiger partial charge in [-0.1, -0.05) is 19.8 Å². The smallest absolute Gasteiger partial charge is 0.317 e. The molecule has 0 unspecified atom stereocenters. The van der Waals surface area contributed by atoms with Crippen molar-refractivity contribution >= 4 is 11.9 Å². The molecule has 3 amide bonds. The van der Waals surface area contributed by atoms with Crippen LogP contribution in [-0.4, -0.2) is 43.5 Å². The maximum atomic E-state index is 11.8. The summed E-state index contributed by atoms with van der Waals surface area (Å²) in [5.41, 5.74) is 0. The Kier molecular flexibility index (Phi) is 6.54. The number of carbonyl (C=O) groups excluding carboxylic acids is 2. The number of hydrogen-bond donors (Lipinski definition) is 2. The minimum atomic E-state index is 0.0152. The van der Waals surface area contributed by atoms with Crippen molar-refractivity contribution in [2.75, 3.05) is 26.7 Å². The van der Waals surface area contributed by atoms with E-state index in [-0.39, 0.29) is 17.9 Å². The predicted molar refractivity (Wildman–Crippen MR) is 71.3 cm³/mol. The molecule has 2 N–H and O–H groups in total. The molecule has 0 bridgehead atoms. The van der Waals surface area contributed by atoms with E-state index in [2.05, 4.69) is 17.6 Å². The van der Waals surface area contributed by atoms with Crippen molar-refractivity contribution in [1.29, 1.82) is 0 Å². The molecule has 0 radical (unpaired) electrons. The minimum Gasteiger partial charge on any atom is -0.359 e. The van der Waals surface area contributed by atoms with E-state index < -0.39 is 0 Å². The molecule has 1 heterocycles. The molecule has 0 atom stereocenters. The molecule has 0 spiro atoms. The van der Waals surface area contributed by atoms with Crippen molar-refractivity contribution in [2.24, 2.45) is 5.92 Å². The van der Waals surface area contributed by atoms with Gasteiger partial charge < -0.3 is 15.5 Å². The summed E-state index contributed by atoms with van der Waals surface area (Å²) in [6, 6.07) is 0.0152. The van der Waals surface area contributed by atoms with Crippen LogP contribution in [0.4, 0.5) is 4.79 Å². The Morgan fingerprint density at radius 3 is 2.44 bits per heavy atom. The van der Waals surface area contributed by atoms with Gasteiger partial charge in [-0.05, 0) is 19.3 Å². The van der Waals surface area contributed by atoms with Gasteiger partial charge in [0.1, 0.15) is 0 Å². The maximum Gasteiger partial charge on any atom is 0.317 e. The van der Waals surface area contributed by atoms with Crippen LogP contribution >= 0.6 is 0 Å². The molecule has 0 aliphatic carbocycles. The summed E-state index contributed by atoms with van der Waals surface area (Å²) in [5, 5.41) is 5.60. The molecule has 1 fully saturated rings. The third-order valence-corrected chi connectivity index (χ3v) is 3.46. The average Bonchev–Trinajstić information content (AvgIpc) is 2.42. The molecule has 5 heteroatoms. The van der Waals surface area contributed by atoms with Gasteiger partial charge >= 0.3 is 6.03 Å². The Hall–Kier alpha value is -1.26. The van der Waals surface area contributed by atoms with Gasteiger partial charge in [0.25, 0.3) is 0 Å². The zero-order valence-corrected chi connectivity index (χ0v) is 11.5. The van der Waals surface area contributed by atoms with Crippen molar-refractivity contribution in [2.45, 2.75) is 39.0 Å². The fourth-order valence-electron chi connectivity index (χ4n) is 2.23. The molecule has 0 aromatic heterocycles. The van der Waals surface area contributed by atoms with Gasteiger partial charge in [0, 0.05) is 32.6 Å². The first kappa shape index (κ1) is 14.8. The first-order valence-corrected chi connectivity index (χ1v) is 6.93. The average molecular weight is 255 g/mol. The number of urea groups is 1. The van der Waals surface area contributed by atoms with E-state index in [0.29, 0.717) is 13.1 Å². The Labute approximate surface area is 109 Å². The van der Waals surface area contributed by atoms with Gasteiger partial charge in [-0.25, -0.2) is 4.79 Å². The highest BCUT2D eigenvalue weighted by Gasteiger charge is 2.26. The third-order valence-electron chi connectivity index (χ3n) is 3.46. The second kappa shape index (κ2) is 7.95. The summed E-state index contributed by atoms with van der Waals surface area (Å²) in [6.45, 7) is 4.25. The number of likely N-dealkylation sites (tertiary alicyclic amines) is 1. The normalized spacial score (nSPS) is 16.4. The van der Waals surface area contributed by atoms with Gasteiger partial charge in [-0.2, -0.15) is 0 Å². The zero-order valence-electron chi connectivity index (χ0n) is 11.5. The number of unbranched alkanes of at least 4 members (excludes halogenated alkanes) is 2.